The Balaban J connectivity index is 1.30. The highest BCUT2D eigenvalue weighted by molar-refractivity contribution is 5.51. The molecule has 5 heteroatoms. The quantitative estimate of drug-likeness (QED) is 0.508. The molecule has 3 saturated heterocycles. The third-order valence-electron chi connectivity index (χ3n) is 6.78. The Kier molecular flexibility index (Phi) is 6.14. The van der Waals surface area contributed by atoms with Gasteiger partial charge < -0.3 is 19.1 Å². The molecule has 0 aliphatic carbocycles. The Hall–Kier alpha value is -1.58. The number of epoxide rings is 2. The molecule has 3 heterocycles. The first-order valence-electron chi connectivity index (χ1n) is 11.2. The summed E-state index contributed by atoms with van der Waals surface area (Å²) in [5, 5.41) is 0. The van der Waals surface area contributed by atoms with E-state index < -0.39 is 0 Å². The number of anilines is 1. The standard InChI is InChI=1S/C25H36N2O3/c1-24(2)13-21(14-25(3,4)26(24)5)28-12-6-7-19-8-10-20(11-9-19)27(15-22-17-29-22)16-23-18-30-23/h8-11,21-23H,12-18H2,1-5H3. The lowest BCUT2D eigenvalue weighted by molar-refractivity contribution is -0.0847. The van der Waals surface area contributed by atoms with Crippen molar-refractivity contribution in [3.05, 3.63) is 29.8 Å². The Morgan fingerprint density at radius 3 is 2.03 bits per heavy atom. The van der Waals surface area contributed by atoms with E-state index in [0.29, 0.717) is 18.8 Å². The summed E-state index contributed by atoms with van der Waals surface area (Å²) in [5.41, 5.74) is 2.51. The van der Waals surface area contributed by atoms with Gasteiger partial charge in [-0.15, -0.1) is 0 Å². The maximum atomic E-state index is 6.15. The molecule has 3 aliphatic heterocycles. The van der Waals surface area contributed by atoms with Gasteiger partial charge in [-0.05, 0) is 71.8 Å². The molecule has 0 N–H and O–H groups in total. The Bertz CT molecular complexity index is 753. The zero-order valence-corrected chi connectivity index (χ0v) is 19.1. The summed E-state index contributed by atoms with van der Waals surface area (Å²) < 4.78 is 17.0. The third kappa shape index (κ3) is 5.56. The number of ether oxygens (including phenoxy) is 3. The Morgan fingerprint density at radius 1 is 1.00 bits per heavy atom. The van der Waals surface area contributed by atoms with Crippen LogP contribution < -0.4 is 4.90 Å². The number of benzene rings is 1. The molecule has 164 valence electrons. The van der Waals surface area contributed by atoms with Gasteiger partial charge in [-0.2, -0.15) is 0 Å². The number of hydrogen-bond donors (Lipinski definition) is 0. The fraction of sp³-hybridized carbons (Fsp3) is 0.680. The minimum Gasteiger partial charge on any atom is -0.371 e. The smallest absolute Gasteiger partial charge is 0.108 e. The number of nitrogens with zero attached hydrogens (tertiary/aromatic N) is 2. The van der Waals surface area contributed by atoms with Crippen molar-refractivity contribution in [2.45, 2.75) is 69.9 Å². The maximum Gasteiger partial charge on any atom is 0.108 e. The van der Waals surface area contributed by atoms with Crippen molar-refractivity contribution in [2.75, 3.05) is 44.9 Å². The van der Waals surface area contributed by atoms with Crippen LogP contribution in [0.2, 0.25) is 0 Å². The van der Waals surface area contributed by atoms with E-state index in [9.17, 15) is 0 Å². The van der Waals surface area contributed by atoms with Gasteiger partial charge in [-0.25, -0.2) is 0 Å². The summed E-state index contributed by atoms with van der Waals surface area (Å²) in [6.07, 6.45) is 3.07. The molecule has 2 atom stereocenters. The van der Waals surface area contributed by atoms with Crippen LogP contribution in [0.5, 0.6) is 0 Å². The van der Waals surface area contributed by atoms with E-state index in [4.69, 9.17) is 14.2 Å². The van der Waals surface area contributed by atoms with Gasteiger partial charge in [0.05, 0.1) is 31.5 Å². The summed E-state index contributed by atoms with van der Waals surface area (Å²) >= 11 is 0. The first kappa shape index (κ1) is 21.6. The average molecular weight is 413 g/mol. The molecular weight excluding hydrogens is 376 g/mol. The van der Waals surface area contributed by atoms with E-state index in [0.717, 1.165) is 44.7 Å². The van der Waals surface area contributed by atoms with Gasteiger partial charge in [0, 0.05) is 35.4 Å². The fourth-order valence-electron chi connectivity index (χ4n) is 4.57. The summed E-state index contributed by atoms with van der Waals surface area (Å²) in [6.45, 7) is 13.3. The lowest BCUT2D eigenvalue weighted by Gasteiger charge is -2.53. The van der Waals surface area contributed by atoms with E-state index in [1.165, 1.54) is 5.69 Å². The molecule has 0 spiro atoms. The molecule has 1 aromatic carbocycles. The van der Waals surface area contributed by atoms with Crippen LogP contribution >= 0.6 is 0 Å². The number of piperidine rings is 1. The van der Waals surface area contributed by atoms with Crippen LogP contribution in [0.4, 0.5) is 5.69 Å². The van der Waals surface area contributed by atoms with Crippen molar-refractivity contribution in [3.63, 3.8) is 0 Å². The van der Waals surface area contributed by atoms with Gasteiger partial charge in [-0.1, -0.05) is 11.8 Å². The second-order valence-electron chi connectivity index (χ2n) is 10.2. The SMILES string of the molecule is CN1C(C)(C)CC(OCC#Cc2ccc(N(CC3CO3)CC3CO3)cc2)CC1(C)C. The monoisotopic (exact) mass is 412 g/mol. The van der Waals surface area contributed by atoms with Gasteiger partial charge >= 0.3 is 0 Å². The van der Waals surface area contributed by atoms with Gasteiger partial charge in [0.15, 0.2) is 0 Å². The largest absolute Gasteiger partial charge is 0.371 e. The van der Waals surface area contributed by atoms with E-state index >= 15 is 0 Å². The molecular formula is C25H36N2O3. The molecule has 4 rings (SSSR count). The molecule has 0 amide bonds. The van der Waals surface area contributed by atoms with Crippen molar-refractivity contribution in [1.29, 1.82) is 0 Å². The zero-order valence-electron chi connectivity index (χ0n) is 19.1. The van der Waals surface area contributed by atoms with Crippen molar-refractivity contribution < 1.29 is 14.2 Å². The highest BCUT2D eigenvalue weighted by Crippen LogP contribution is 2.38. The van der Waals surface area contributed by atoms with E-state index in [1.807, 2.05) is 0 Å². The van der Waals surface area contributed by atoms with E-state index in [-0.39, 0.29) is 17.2 Å². The summed E-state index contributed by atoms with van der Waals surface area (Å²) in [4.78, 5) is 4.83. The predicted molar refractivity (Wildman–Crippen MR) is 120 cm³/mol. The average Bonchev–Trinajstić information content (AvgIpc) is 3.59. The first-order valence-corrected chi connectivity index (χ1v) is 11.2. The molecule has 0 aromatic heterocycles. The van der Waals surface area contributed by atoms with Crippen molar-refractivity contribution in [3.8, 4) is 11.8 Å². The van der Waals surface area contributed by atoms with Gasteiger partial charge in [-0.3, -0.25) is 4.90 Å². The van der Waals surface area contributed by atoms with Gasteiger partial charge in [0.1, 0.15) is 6.61 Å². The summed E-state index contributed by atoms with van der Waals surface area (Å²) in [5.74, 6) is 6.46. The molecule has 1 aromatic rings. The van der Waals surface area contributed by atoms with E-state index in [1.54, 1.807) is 0 Å². The van der Waals surface area contributed by atoms with Gasteiger partial charge in [0.2, 0.25) is 0 Å². The van der Waals surface area contributed by atoms with Crippen molar-refractivity contribution >= 4 is 5.69 Å². The number of likely N-dealkylation sites (tertiary alicyclic amines) is 1. The highest BCUT2D eigenvalue weighted by atomic mass is 16.6. The molecule has 5 nitrogen and oxygen atoms in total. The molecule has 30 heavy (non-hydrogen) atoms. The molecule has 0 saturated carbocycles. The lowest BCUT2D eigenvalue weighted by Crippen LogP contribution is -2.60. The normalized spacial score (nSPS) is 27.2. The third-order valence-corrected chi connectivity index (χ3v) is 6.78. The Morgan fingerprint density at radius 2 is 1.53 bits per heavy atom. The van der Waals surface area contributed by atoms with Crippen molar-refractivity contribution in [1.82, 2.24) is 4.90 Å². The lowest BCUT2D eigenvalue weighted by atomic mass is 9.79. The maximum absolute atomic E-state index is 6.15. The van der Waals surface area contributed by atoms with Crippen LogP contribution in [0.25, 0.3) is 0 Å². The zero-order chi connectivity index (χ0) is 21.4. The molecule has 2 unspecified atom stereocenters. The highest BCUT2D eigenvalue weighted by Gasteiger charge is 2.43. The Labute approximate surface area is 181 Å². The predicted octanol–water partition coefficient (Wildman–Crippen LogP) is 3.31. The fourth-order valence-corrected chi connectivity index (χ4v) is 4.57. The second-order valence-corrected chi connectivity index (χ2v) is 10.2. The van der Waals surface area contributed by atoms with Crippen molar-refractivity contribution in [2.24, 2.45) is 0 Å². The van der Waals surface area contributed by atoms with E-state index in [2.05, 4.69) is 80.6 Å². The first-order chi connectivity index (χ1) is 14.2. The number of hydrogen-bond acceptors (Lipinski definition) is 5. The minimum atomic E-state index is 0.137. The van der Waals surface area contributed by atoms with Crippen LogP contribution in [0.15, 0.2) is 24.3 Å². The van der Waals surface area contributed by atoms with Gasteiger partial charge in [0.25, 0.3) is 0 Å². The molecule has 3 fully saturated rings. The molecule has 3 aliphatic rings. The van der Waals surface area contributed by atoms with Crippen LogP contribution in [0.1, 0.15) is 46.1 Å². The summed E-state index contributed by atoms with van der Waals surface area (Å²) in [7, 11) is 2.22. The summed E-state index contributed by atoms with van der Waals surface area (Å²) in [6, 6.07) is 8.49. The minimum absolute atomic E-state index is 0.137. The second kappa shape index (κ2) is 8.51. The van der Waals surface area contributed by atoms with Crippen LogP contribution in [0, 0.1) is 11.8 Å². The van der Waals surface area contributed by atoms with Crippen LogP contribution in [-0.2, 0) is 14.2 Å². The van der Waals surface area contributed by atoms with Crippen LogP contribution in [-0.4, -0.2) is 74.2 Å². The number of rotatable bonds is 7. The molecule has 0 radical (unpaired) electrons. The topological polar surface area (TPSA) is 40.8 Å². The molecule has 0 bridgehead atoms. The van der Waals surface area contributed by atoms with Crippen LogP contribution in [0.3, 0.4) is 0 Å².